The fourth-order valence-corrected chi connectivity index (χ4v) is 2.30. The van der Waals surface area contributed by atoms with Crippen molar-refractivity contribution in [2.75, 3.05) is 33.3 Å². The van der Waals surface area contributed by atoms with E-state index in [0.717, 1.165) is 11.3 Å². The van der Waals surface area contributed by atoms with Crippen molar-refractivity contribution in [3.05, 3.63) is 29.8 Å². The third kappa shape index (κ3) is 3.28. The summed E-state index contributed by atoms with van der Waals surface area (Å²) < 4.78 is 19.9. The molecule has 1 aliphatic heterocycles. The first-order chi connectivity index (χ1) is 9.53. The van der Waals surface area contributed by atoms with E-state index in [2.05, 4.69) is 5.32 Å². The van der Waals surface area contributed by atoms with E-state index in [4.69, 9.17) is 4.74 Å². The van der Waals surface area contributed by atoms with Gasteiger partial charge in [0, 0.05) is 20.0 Å². The van der Waals surface area contributed by atoms with Crippen LogP contribution >= 0.6 is 0 Å². The third-order valence-corrected chi connectivity index (χ3v) is 3.61. The van der Waals surface area contributed by atoms with Crippen LogP contribution in [0.25, 0.3) is 0 Å². The number of benzene rings is 1. The molecule has 4 nitrogen and oxygen atoms in total. The summed E-state index contributed by atoms with van der Waals surface area (Å²) in [5.41, 5.74) is -0.708. The molecule has 0 unspecified atom stereocenters. The van der Waals surface area contributed by atoms with Crippen LogP contribution in [0.1, 0.15) is 12.0 Å². The summed E-state index contributed by atoms with van der Waals surface area (Å²) in [5.74, 6) is 0.335. The number of alkyl halides is 1. The number of nitrogens with one attached hydrogen (secondary N) is 1. The van der Waals surface area contributed by atoms with Crippen LogP contribution in [0.4, 0.5) is 4.39 Å². The molecule has 1 saturated heterocycles. The van der Waals surface area contributed by atoms with Gasteiger partial charge in [-0.3, -0.25) is 4.79 Å². The van der Waals surface area contributed by atoms with Crippen molar-refractivity contribution in [3.8, 4) is 5.75 Å². The Labute approximate surface area is 118 Å². The van der Waals surface area contributed by atoms with Crippen LogP contribution in [-0.4, -0.2) is 49.8 Å². The van der Waals surface area contributed by atoms with Crippen LogP contribution in [0.15, 0.2) is 24.3 Å². The van der Waals surface area contributed by atoms with Gasteiger partial charge in [0.05, 0.1) is 6.54 Å². The lowest BCUT2D eigenvalue weighted by molar-refractivity contribution is -0.141. The third-order valence-electron chi connectivity index (χ3n) is 3.61. The molecule has 1 aliphatic rings. The van der Waals surface area contributed by atoms with Gasteiger partial charge in [0.1, 0.15) is 12.4 Å². The molecule has 0 aliphatic carbocycles. The highest BCUT2D eigenvalue weighted by atomic mass is 19.1. The molecule has 1 atom stereocenters. The minimum Gasteiger partial charge on any atom is -0.491 e. The molecule has 0 aromatic heterocycles. The van der Waals surface area contributed by atoms with E-state index < -0.39 is 11.6 Å². The molecule has 0 saturated carbocycles. The first-order valence-electron chi connectivity index (χ1n) is 6.86. The largest absolute Gasteiger partial charge is 0.491 e. The number of hydrogen-bond donors (Lipinski definition) is 1. The Hall–Kier alpha value is -1.62. The normalized spacial score (nSPS) is 21.8. The number of carbonyl (C=O) groups excluding carboxylic acids is 1. The van der Waals surface area contributed by atoms with Crippen molar-refractivity contribution in [1.29, 1.82) is 0 Å². The van der Waals surface area contributed by atoms with Gasteiger partial charge in [0.2, 0.25) is 5.67 Å². The van der Waals surface area contributed by atoms with Gasteiger partial charge in [-0.05, 0) is 25.1 Å². The second-order valence-corrected chi connectivity index (χ2v) is 5.23. The monoisotopic (exact) mass is 280 g/mol. The summed E-state index contributed by atoms with van der Waals surface area (Å²) in [5, 5.41) is 2.88. The Morgan fingerprint density at radius 3 is 2.90 bits per heavy atom. The molecule has 1 amide bonds. The maximum Gasteiger partial charge on any atom is 0.261 e. The lowest BCUT2D eigenvalue weighted by Crippen LogP contribution is -2.47. The van der Waals surface area contributed by atoms with Crippen molar-refractivity contribution in [1.82, 2.24) is 10.2 Å². The Morgan fingerprint density at radius 1 is 1.50 bits per heavy atom. The molecular formula is C15H21FN2O2. The van der Waals surface area contributed by atoms with Gasteiger partial charge in [-0.15, -0.1) is 0 Å². The van der Waals surface area contributed by atoms with E-state index in [1.807, 2.05) is 31.2 Å². The minimum atomic E-state index is -1.75. The van der Waals surface area contributed by atoms with E-state index in [-0.39, 0.29) is 13.0 Å². The molecule has 0 spiro atoms. The summed E-state index contributed by atoms with van der Waals surface area (Å²) in [6, 6.07) is 7.69. The topological polar surface area (TPSA) is 41.6 Å². The van der Waals surface area contributed by atoms with Crippen LogP contribution in [0, 0.1) is 6.92 Å². The van der Waals surface area contributed by atoms with E-state index in [1.54, 1.807) is 7.05 Å². The van der Waals surface area contributed by atoms with E-state index in [1.165, 1.54) is 4.90 Å². The molecule has 5 heteroatoms. The molecule has 20 heavy (non-hydrogen) atoms. The molecule has 1 heterocycles. The number of para-hydroxylation sites is 1. The van der Waals surface area contributed by atoms with E-state index in [0.29, 0.717) is 19.7 Å². The number of rotatable bonds is 5. The zero-order chi connectivity index (χ0) is 14.6. The van der Waals surface area contributed by atoms with Crippen molar-refractivity contribution < 1.29 is 13.9 Å². The number of hydrogen-bond acceptors (Lipinski definition) is 3. The van der Waals surface area contributed by atoms with Gasteiger partial charge in [0.25, 0.3) is 5.91 Å². The molecule has 2 rings (SSSR count). The smallest absolute Gasteiger partial charge is 0.261 e. The molecular weight excluding hydrogens is 259 g/mol. The minimum absolute atomic E-state index is 0.106. The van der Waals surface area contributed by atoms with Gasteiger partial charge in [-0.1, -0.05) is 18.2 Å². The average molecular weight is 280 g/mol. The van der Waals surface area contributed by atoms with Crippen molar-refractivity contribution in [2.45, 2.75) is 19.0 Å². The van der Waals surface area contributed by atoms with Crippen molar-refractivity contribution in [3.63, 3.8) is 0 Å². The Balaban J connectivity index is 1.82. The number of carbonyl (C=O) groups is 1. The van der Waals surface area contributed by atoms with Gasteiger partial charge in [-0.25, -0.2) is 4.39 Å². The van der Waals surface area contributed by atoms with Gasteiger partial charge < -0.3 is 15.0 Å². The van der Waals surface area contributed by atoms with E-state index in [9.17, 15) is 9.18 Å². The Morgan fingerprint density at radius 2 is 2.25 bits per heavy atom. The zero-order valence-corrected chi connectivity index (χ0v) is 12.0. The number of amides is 1. The second kappa shape index (κ2) is 6.22. The predicted molar refractivity (Wildman–Crippen MR) is 75.6 cm³/mol. The Bertz CT molecular complexity index is 473. The molecule has 0 bridgehead atoms. The average Bonchev–Trinajstić information content (AvgIpc) is 2.88. The van der Waals surface area contributed by atoms with Gasteiger partial charge >= 0.3 is 0 Å². The summed E-state index contributed by atoms with van der Waals surface area (Å²) in [6.07, 6.45) is 0.245. The Kier molecular flexibility index (Phi) is 4.60. The maximum atomic E-state index is 14.3. The van der Waals surface area contributed by atoms with Crippen LogP contribution in [0.3, 0.4) is 0 Å². The van der Waals surface area contributed by atoms with Crippen molar-refractivity contribution >= 4 is 5.91 Å². The van der Waals surface area contributed by atoms with Crippen LogP contribution < -0.4 is 10.1 Å². The lowest BCUT2D eigenvalue weighted by atomic mass is 10.0. The fourth-order valence-electron chi connectivity index (χ4n) is 2.30. The summed E-state index contributed by atoms with van der Waals surface area (Å²) in [7, 11) is 1.61. The molecule has 1 fully saturated rings. The molecule has 0 radical (unpaired) electrons. The van der Waals surface area contributed by atoms with Crippen LogP contribution in [-0.2, 0) is 4.79 Å². The van der Waals surface area contributed by atoms with Crippen molar-refractivity contribution in [2.24, 2.45) is 0 Å². The second-order valence-electron chi connectivity index (χ2n) is 5.23. The maximum absolute atomic E-state index is 14.3. The summed E-state index contributed by atoms with van der Waals surface area (Å²) in [4.78, 5) is 13.4. The van der Waals surface area contributed by atoms with Gasteiger partial charge in [0.15, 0.2) is 0 Å². The lowest BCUT2D eigenvalue weighted by Gasteiger charge is -2.25. The highest BCUT2D eigenvalue weighted by Crippen LogP contribution is 2.22. The summed E-state index contributed by atoms with van der Waals surface area (Å²) >= 11 is 0. The SMILES string of the molecule is Cc1ccccc1OCCN(C)C(=O)[C@]1(F)CCNC1. The molecule has 1 aromatic rings. The number of ether oxygens (including phenoxy) is 1. The van der Waals surface area contributed by atoms with Gasteiger partial charge in [-0.2, -0.15) is 0 Å². The number of aryl methyl sites for hydroxylation is 1. The first kappa shape index (κ1) is 14.8. The zero-order valence-electron chi connectivity index (χ0n) is 12.0. The fraction of sp³-hybridized carbons (Fsp3) is 0.533. The number of likely N-dealkylation sites (N-methyl/N-ethyl adjacent to an activating group) is 1. The summed E-state index contributed by atoms with van der Waals surface area (Å²) in [6.45, 7) is 3.35. The predicted octanol–water partition coefficient (Wildman–Crippen LogP) is 1.53. The highest BCUT2D eigenvalue weighted by Gasteiger charge is 2.43. The number of halogens is 1. The molecule has 110 valence electrons. The highest BCUT2D eigenvalue weighted by molar-refractivity contribution is 5.85. The quantitative estimate of drug-likeness (QED) is 0.889. The van der Waals surface area contributed by atoms with Crippen LogP contribution in [0.5, 0.6) is 5.75 Å². The van der Waals surface area contributed by atoms with Crippen LogP contribution in [0.2, 0.25) is 0 Å². The standard InChI is InChI=1S/C15H21FN2O2/c1-12-5-3-4-6-13(12)20-10-9-18(2)14(19)15(16)7-8-17-11-15/h3-6,17H,7-11H2,1-2H3/t15-/m0/s1. The molecule has 1 aromatic carbocycles. The number of nitrogens with zero attached hydrogens (tertiary/aromatic N) is 1. The first-order valence-corrected chi connectivity index (χ1v) is 6.86. The molecule has 1 N–H and O–H groups in total. The van der Waals surface area contributed by atoms with E-state index >= 15 is 0 Å².